The number of amides is 1. The number of morpholine rings is 1. The third-order valence-electron chi connectivity index (χ3n) is 4.85. The van der Waals surface area contributed by atoms with E-state index in [0.29, 0.717) is 10.9 Å². The Bertz CT molecular complexity index is 967. The summed E-state index contributed by atoms with van der Waals surface area (Å²) in [5.41, 5.74) is 3.12. The number of rotatable bonds is 7. The molecule has 1 saturated heterocycles. The molecule has 0 unspecified atom stereocenters. The summed E-state index contributed by atoms with van der Waals surface area (Å²) in [5, 5.41) is 3.48. The first-order chi connectivity index (χ1) is 14.7. The van der Waals surface area contributed by atoms with Gasteiger partial charge in [0, 0.05) is 30.1 Å². The van der Waals surface area contributed by atoms with Crippen LogP contribution in [0.3, 0.4) is 0 Å². The van der Waals surface area contributed by atoms with Gasteiger partial charge in [0.2, 0.25) is 0 Å². The molecule has 0 atom stereocenters. The number of aryl methyl sites for hydroxylation is 1. The molecule has 6 nitrogen and oxygen atoms in total. The average molecular weight is 424 g/mol. The highest BCUT2D eigenvalue weighted by Gasteiger charge is 2.19. The monoisotopic (exact) mass is 423 g/mol. The summed E-state index contributed by atoms with van der Waals surface area (Å²) in [6.45, 7) is 6.05. The molecule has 30 heavy (non-hydrogen) atoms. The van der Waals surface area contributed by atoms with Crippen molar-refractivity contribution in [3.05, 3.63) is 65.0 Å². The maximum Gasteiger partial charge on any atom is 0.264 e. The smallest absolute Gasteiger partial charge is 0.264 e. The summed E-state index contributed by atoms with van der Waals surface area (Å²) in [4.78, 5) is 20.6. The second-order valence-corrected chi connectivity index (χ2v) is 8.28. The molecule has 0 radical (unpaired) electrons. The van der Waals surface area contributed by atoms with Gasteiger partial charge in [-0.1, -0.05) is 59.4 Å². The summed E-state index contributed by atoms with van der Waals surface area (Å²) >= 11 is 1.52. The van der Waals surface area contributed by atoms with Crippen LogP contribution >= 0.6 is 11.3 Å². The predicted octanol–water partition coefficient (Wildman–Crippen LogP) is 3.97. The molecule has 4 rings (SSSR count). The fraction of sp³-hybridized carbons (Fsp3) is 0.304. The largest absolute Gasteiger partial charge is 0.484 e. The number of nitrogens with one attached hydrogen (secondary N) is 1. The van der Waals surface area contributed by atoms with Crippen LogP contribution in [0.25, 0.3) is 11.3 Å². The van der Waals surface area contributed by atoms with Crippen LogP contribution in [0.2, 0.25) is 0 Å². The van der Waals surface area contributed by atoms with Gasteiger partial charge < -0.3 is 9.47 Å². The third kappa shape index (κ3) is 5.44. The fourth-order valence-corrected chi connectivity index (χ4v) is 4.28. The molecule has 3 aromatic rings. The molecule has 7 heteroatoms. The van der Waals surface area contributed by atoms with E-state index in [9.17, 15) is 4.79 Å². The highest BCUT2D eigenvalue weighted by Crippen LogP contribution is 2.32. The Morgan fingerprint density at radius 3 is 2.60 bits per heavy atom. The second-order valence-electron chi connectivity index (χ2n) is 7.20. The first kappa shape index (κ1) is 20.5. The van der Waals surface area contributed by atoms with Crippen molar-refractivity contribution in [2.24, 2.45) is 0 Å². The Hall–Kier alpha value is -2.74. The maximum absolute atomic E-state index is 12.4. The molecule has 1 aliphatic rings. The molecule has 0 bridgehead atoms. The number of aromatic nitrogens is 1. The minimum atomic E-state index is -0.221. The van der Waals surface area contributed by atoms with Gasteiger partial charge in [0.15, 0.2) is 11.7 Å². The van der Waals surface area contributed by atoms with Gasteiger partial charge >= 0.3 is 0 Å². The van der Waals surface area contributed by atoms with Crippen molar-refractivity contribution in [3.8, 4) is 17.0 Å². The van der Waals surface area contributed by atoms with Gasteiger partial charge in [-0.25, -0.2) is 4.98 Å². The standard InChI is InChI=1S/C23H25N3O3S/c1-17-7-9-19(10-8-17)29-16-21(27)24-23-25-22(18-5-3-2-4-6-18)20(30-23)15-26-11-13-28-14-12-26/h2-10H,11-16H2,1H3,(H,24,25,27). The fourth-order valence-electron chi connectivity index (χ4n) is 3.24. The van der Waals surface area contributed by atoms with Gasteiger partial charge in [-0.15, -0.1) is 0 Å². The van der Waals surface area contributed by atoms with Gasteiger partial charge in [-0.3, -0.25) is 15.0 Å². The lowest BCUT2D eigenvalue weighted by Gasteiger charge is -2.26. The van der Waals surface area contributed by atoms with E-state index in [1.54, 1.807) is 0 Å². The van der Waals surface area contributed by atoms with Crippen molar-refractivity contribution in [3.63, 3.8) is 0 Å². The van der Waals surface area contributed by atoms with Crippen LogP contribution in [-0.4, -0.2) is 48.7 Å². The number of carbonyl (C=O) groups is 1. The molecule has 0 saturated carbocycles. The Morgan fingerprint density at radius 2 is 1.87 bits per heavy atom. The maximum atomic E-state index is 12.4. The summed E-state index contributed by atoms with van der Waals surface area (Å²) in [6.07, 6.45) is 0. The van der Waals surface area contributed by atoms with Crippen LogP contribution in [0.5, 0.6) is 5.75 Å². The van der Waals surface area contributed by atoms with E-state index in [-0.39, 0.29) is 12.5 Å². The number of nitrogens with zero attached hydrogens (tertiary/aromatic N) is 2. The summed E-state index contributed by atoms with van der Waals surface area (Å²) in [7, 11) is 0. The topological polar surface area (TPSA) is 63.7 Å². The highest BCUT2D eigenvalue weighted by atomic mass is 32.1. The van der Waals surface area contributed by atoms with Gasteiger partial charge in [-0.05, 0) is 19.1 Å². The molecular formula is C23H25N3O3S. The van der Waals surface area contributed by atoms with Crippen molar-refractivity contribution in [1.29, 1.82) is 0 Å². The minimum Gasteiger partial charge on any atom is -0.484 e. The van der Waals surface area contributed by atoms with Crippen LogP contribution < -0.4 is 10.1 Å². The first-order valence-corrected chi connectivity index (χ1v) is 10.8. The Morgan fingerprint density at radius 1 is 1.13 bits per heavy atom. The van der Waals surface area contributed by atoms with E-state index in [1.165, 1.54) is 11.3 Å². The van der Waals surface area contributed by atoms with E-state index >= 15 is 0 Å². The van der Waals surface area contributed by atoms with Gasteiger partial charge in [0.05, 0.1) is 18.9 Å². The molecule has 0 aliphatic carbocycles. The normalized spacial score (nSPS) is 14.4. The number of hydrogen-bond acceptors (Lipinski definition) is 6. The van der Waals surface area contributed by atoms with Gasteiger partial charge in [0.25, 0.3) is 5.91 Å². The predicted molar refractivity (Wildman–Crippen MR) is 119 cm³/mol. The van der Waals surface area contributed by atoms with E-state index in [1.807, 2.05) is 61.5 Å². The van der Waals surface area contributed by atoms with Crippen molar-refractivity contribution in [2.75, 3.05) is 38.2 Å². The Kier molecular flexibility index (Phi) is 6.74. The third-order valence-corrected chi connectivity index (χ3v) is 5.81. The molecule has 156 valence electrons. The first-order valence-electron chi connectivity index (χ1n) is 10.0. The van der Waals surface area contributed by atoms with Crippen LogP contribution in [0.15, 0.2) is 54.6 Å². The molecule has 1 aliphatic heterocycles. The van der Waals surface area contributed by atoms with Gasteiger partial charge in [-0.2, -0.15) is 0 Å². The number of benzene rings is 2. The highest BCUT2D eigenvalue weighted by molar-refractivity contribution is 7.16. The average Bonchev–Trinajstić information content (AvgIpc) is 3.16. The molecule has 1 aromatic heterocycles. The number of ether oxygens (including phenoxy) is 2. The van der Waals surface area contributed by atoms with Crippen LogP contribution in [0.1, 0.15) is 10.4 Å². The summed E-state index contributed by atoms with van der Waals surface area (Å²) in [6, 6.07) is 17.7. The lowest BCUT2D eigenvalue weighted by molar-refractivity contribution is -0.118. The Balaban J connectivity index is 1.45. The number of carbonyl (C=O) groups excluding carboxylic acids is 1. The number of anilines is 1. The van der Waals surface area contributed by atoms with E-state index in [0.717, 1.165) is 54.5 Å². The molecule has 1 N–H and O–H groups in total. The van der Waals surface area contributed by atoms with Crippen LogP contribution in [0, 0.1) is 6.92 Å². The van der Waals surface area contributed by atoms with Crippen molar-refractivity contribution in [2.45, 2.75) is 13.5 Å². The van der Waals surface area contributed by atoms with Crippen molar-refractivity contribution >= 4 is 22.4 Å². The lowest BCUT2D eigenvalue weighted by Crippen LogP contribution is -2.35. The zero-order valence-electron chi connectivity index (χ0n) is 17.0. The molecule has 1 fully saturated rings. The quantitative estimate of drug-likeness (QED) is 0.623. The number of thiazole rings is 1. The van der Waals surface area contributed by atoms with E-state index < -0.39 is 0 Å². The second kappa shape index (κ2) is 9.84. The molecule has 1 amide bonds. The number of hydrogen-bond donors (Lipinski definition) is 1. The SMILES string of the molecule is Cc1ccc(OCC(=O)Nc2nc(-c3ccccc3)c(CN3CCOCC3)s2)cc1. The van der Waals surface area contributed by atoms with Crippen molar-refractivity contribution in [1.82, 2.24) is 9.88 Å². The lowest BCUT2D eigenvalue weighted by atomic mass is 10.1. The van der Waals surface area contributed by atoms with Crippen LogP contribution in [-0.2, 0) is 16.1 Å². The van der Waals surface area contributed by atoms with Crippen LogP contribution in [0.4, 0.5) is 5.13 Å². The zero-order chi connectivity index (χ0) is 20.8. The summed E-state index contributed by atoms with van der Waals surface area (Å²) < 4.78 is 11.0. The van der Waals surface area contributed by atoms with E-state index in [2.05, 4.69) is 10.2 Å². The molecule has 2 aromatic carbocycles. The molecule has 2 heterocycles. The van der Waals surface area contributed by atoms with Crippen molar-refractivity contribution < 1.29 is 14.3 Å². The zero-order valence-corrected chi connectivity index (χ0v) is 17.8. The Labute approximate surface area is 180 Å². The summed E-state index contributed by atoms with van der Waals surface area (Å²) in [5.74, 6) is 0.453. The minimum absolute atomic E-state index is 0.0535. The van der Waals surface area contributed by atoms with Gasteiger partial charge in [0.1, 0.15) is 5.75 Å². The molecular weight excluding hydrogens is 398 g/mol. The molecule has 0 spiro atoms. The van der Waals surface area contributed by atoms with E-state index in [4.69, 9.17) is 14.5 Å².